The van der Waals surface area contributed by atoms with E-state index in [9.17, 15) is 14.3 Å². The molecule has 0 spiro atoms. The maximum Gasteiger partial charge on any atom is 0.356 e. The smallest absolute Gasteiger partial charge is 0.356 e. The lowest BCUT2D eigenvalue weighted by Crippen LogP contribution is -2.02. The zero-order valence-electron chi connectivity index (χ0n) is 13.2. The molecule has 0 bridgehead atoms. The molecule has 1 heterocycles. The Morgan fingerprint density at radius 1 is 1.17 bits per heavy atom. The minimum absolute atomic E-state index is 0.0807. The van der Waals surface area contributed by atoms with E-state index in [1.165, 1.54) is 22.9 Å². The molecule has 0 amide bonds. The number of ether oxygens (including phenoxy) is 1. The molecule has 0 aliphatic carbocycles. The van der Waals surface area contributed by atoms with Gasteiger partial charge in [0.1, 0.15) is 11.6 Å². The van der Waals surface area contributed by atoms with Crippen LogP contribution in [0.4, 0.5) is 4.39 Å². The minimum atomic E-state index is -1.12. The predicted molar refractivity (Wildman–Crippen MR) is 87.2 cm³/mol. The number of hydrogen-bond donors (Lipinski definition) is 1. The van der Waals surface area contributed by atoms with Crippen molar-refractivity contribution in [1.82, 2.24) is 9.78 Å². The zero-order valence-corrected chi connectivity index (χ0v) is 13.2. The minimum Gasteiger partial charge on any atom is -0.496 e. The van der Waals surface area contributed by atoms with Crippen LogP contribution in [0.15, 0.2) is 48.5 Å². The van der Waals surface area contributed by atoms with E-state index in [1.54, 1.807) is 19.2 Å². The molecule has 0 atom stereocenters. The summed E-state index contributed by atoms with van der Waals surface area (Å²) >= 11 is 0. The first-order valence-corrected chi connectivity index (χ1v) is 7.24. The number of carbonyl (C=O) groups is 1. The number of aryl methyl sites for hydroxylation is 1. The van der Waals surface area contributed by atoms with Gasteiger partial charge in [-0.25, -0.2) is 13.9 Å². The number of benzene rings is 2. The number of nitrogens with zero attached hydrogens (tertiary/aromatic N) is 2. The van der Waals surface area contributed by atoms with Crippen molar-refractivity contribution < 1.29 is 19.0 Å². The van der Waals surface area contributed by atoms with Crippen molar-refractivity contribution >= 4 is 5.97 Å². The van der Waals surface area contributed by atoms with Crippen molar-refractivity contribution in [3.8, 4) is 22.7 Å². The Labute approximate surface area is 137 Å². The summed E-state index contributed by atoms with van der Waals surface area (Å²) in [6.07, 6.45) is 0. The maximum absolute atomic E-state index is 13.2. The van der Waals surface area contributed by atoms with Gasteiger partial charge >= 0.3 is 5.97 Å². The first-order chi connectivity index (χ1) is 11.5. The molecule has 0 unspecified atom stereocenters. The van der Waals surface area contributed by atoms with Crippen molar-refractivity contribution in [3.05, 3.63) is 65.6 Å². The highest BCUT2D eigenvalue weighted by molar-refractivity contribution is 5.87. The average molecular weight is 326 g/mol. The number of carboxylic acid groups (broad SMARTS) is 1. The molecule has 2 aromatic carbocycles. The fraction of sp³-hybridized carbons (Fsp3) is 0.111. The molecule has 0 fully saturated rings. The van der Waals surface area contributed by atoms with Crippen LogP contribution in [-0.2, 0) is 0 Å². The standard InChI is InChI=1S/C18H15FN2O3/c1-11-9-12(3-8-17(11)24-2)16-10-15(18(22)23)20-21(16)14-6-4-13(19)5-7-14/h3-10H,1-2H3,(H,22,23). The van der Waals surface area contributed by atoms with Gasteiger partial charge in [0.15, 0.2) is 5.69 Å². The summed E-state index contributed by atoms with van der Waals surface area (Å²) in [5.74, 6) is -0.751. The van der Waals surface area contributed by atoms with E-state index in [1.807, 2.05) is 25.1 Å². The van der Waals surface area contributed by atoms with Crippen molar-refractivity contribution in [3.63, 3.8) is 0 Å². The third kappa shape index (κ3) is 2.86. The molecule has 0 aliphatic heterocycles. The second kappa shape index (κ2) is 6.16. The van der Waals surface area contributed by atoms with E-state index >= 15 is 0 Å². The number of aromatic nitrogens is 2. The van der Waals surface area contributed by atoms with Gasteiger partial charge < -0.3 is 9.84 Å². The molecule has 3 rings (SSSR count). The van der Waals surface area contributed by atoms with Crippen LogP contribution in [0, 0.1) is 12.7 Å². The average Bonchev–Trinajstić information content (AvgIpc) is 3.01. The molecule has 1 N–H and O–H groups in total. The summed E-state index contributed by atoms with van der Waals surface area (Å²) in [5.41, 5.74) is 2.80. The Bertz CT molecular complexity index is 901. The molecule has 6 heteroatoms. The van der Waals surface area contributed by atoms with Gasteiger partial charge in [0.2, 0.25) is 0 Å². The Kier molecular flexibility index (Phi) is 4.04. The molecular formula is C18H15FN2O3. The largest absolute Gasteiger partial charge is 0.496 e. The number of aromatic carboxylic acids is 1. The number of halogens is 1. The van der Waals surface area contributed by atoms with Gasteiger partial charge in [-0.05, 0) is 61.0 Å². The fourth-order valence-electron chi connectivity index (χ4n) is 2.51. The number of rotatable bonds is 4. The first-order valence-electron chi connectivity index (χ1n) is 7.24. The topological polar surface area (TPSA) is 64.3 Å². The van der Waals surface area contributed by atoms with Crippen LogP contribution in [0.5, 0.6) is 5.75 Å². The fourth-order valence-corrected chi connectivity index (χ4v) is 2.51. The van der Waals surface area contributed by atoms with Gasteiger partial charge in [0.25, 0.3) is 0 Å². The number of methoxy groups -OCH3 is 1. The zero-order chi connectivity index (χ0) is 17.3. The van der Waals surface area contributed by atoms with Crippen molar-refractivity contribution in [1.29, 1.82) is 0 Å². The second-order valence-corrected chi connectivity index (χ2v) is 5.29. The van der Waals surface area contributed by atoms with Gasteiger partial charge in [-0.15, -0.1) is 0 Å². The highest BCUT2D eigenvalue weighted by Crippen LogP contribution is 2.28. The van der Waals surface area contributed by atoms with Crippen molar-refractivity contribution in [2.24, 2.45) is 0 Å². The van der Waals surface area contributed by atoms with E-state index in [2.05, 4.69) is 5.10 Å². The van der Waals surface area contributed by atoms with Crippen LogP contribution in [-0.4, -0.2) is 28.0 Å². The molecule has 1 aromatic heterocycles. The predicted octanol–water partition coefficient (Wildman–Crippen LogP) is 3.69. The highest BCUT2D eigenvalue weighted by Gasteiger charge is 2.16. The lowest BCUT2D eigenvalue weighted by molar-refractivity contribution is 0.0690. The first kappa shape index (κ1) is 15.7. The van der Waals surface area contributed by atoms with Gasteiger partial charge in [0.05, 0.1) is 18.5 Å². The van der Waals surface area contributed by atoms with Crippen LogP contribution in [0.2, 0.25) is 0 Å². The van der Waals surface area contributed by atoms with E-state index in [0.717, 1.165) is 16.9 Å². The molecular weight excluding hydrogens is 311 g/mol. The summed E-state index contributed by atoms with van der Waals surface area (Å²) in [7, 11) is 1.59. The third-order valence-electron chi connectivity index (χ3n) is 3.69. The summed E-state index contributed by atoms with van der Waals surface area (Å²) in [4.78, 5) is 11.3. The van der Waals surface area contributed by atoms with Gasteiger partial charge in [-0.1, -0.05) is 0 Å². The Hall–Kier alpha value is -3.15. The molecule has 0 radical (unpaired) electrons. The molecule has 122 valence electrons. The van der Waals surface area contributed by atoms with Crippen LogP contribution in [0.25, 0.3) is 16.9 Å². The normalized spacial score (nSPS) is 10.6. The Morgan fingerprint density at radius 3 is 2.46 bits per heavy atom. The van der Waals surface area contributed by atoms with Crippen LogP contribution >= 0.6 is 0 Å². The molecule has 0 aliphatic rings. The van der Waals surface area contributed by atoms with Gasteiger partial charge in [-0.2, -0.15) is 5.10 Å². The number of carboxylic acids is 1. The van der Waals surface area contributed by atoms with Crippen LogP contribution < -0.4 is 4.74 Å². The summed E-state index contributed by atoms with van der Waals surface area (Å²) in [6.45, 7) is 1.90. The third-order valence-corrected chi connectivity index (χ3v) is 3.69. The molecule has 0 saturated carbocycles. The van der Waals surface area contributed by atoms with Gasteiger partial charge in [0, 0.05) is 5.56 Å². The van der Waals surface area contributed by atoms with Crippen molar-refractivity contribution in [2.75, 3.05) is 7.11 Å². The summed E-state index contributed by atoms with van der Waals surface area (Å²) in [5, 5.41) is 13.4. The molecule has 24 heavy (non-hydrogen) atoms. The Morgan fingerprint density at radius 2 is 1.88 bits per heavy atom. The van der Waals surface area contributed by atoms with E-state index in [0.29, 0.717) is 11.4 Å². The highest BCUT2D eigenvalue weighted by atomic mass is 19.1. The molecule has 0 saturated heterocycles. The molecule has 3 aromatic rings. The monoisotopic (exact) mass is 326 g/mol. The SMILES string of the molecule is COc1ccc(-c2cc(C(=O)O)nn2-c2ccc(F)cc2)cc1C. The lowest BCUT2D eigenvalue weighted by Gasteiger charge is -2.10. The van der Waals surface area contributed by atoms with Crippen molar-refractivity contribution in [2.45, 2.75) is 6.92 Å². The number of hydrogen-bond acceptors (Lipinski definition) is 3. The second-order valence-electron chi connectivity index (χ2n) is 5.29. The van der Waals surface area contributed by atoms with E-state index < -0.39 is 5.97 Å². The maximum atomic E-state index is 13.2. The van der Waals surface area contributed by atoms with Crippen LogP contribution in [0.1, 0.15) is 16.1 Å². The Balaban J connectivity index is 2.17. The lowest BCUT2D eigenvalue weighted by atomic mass is 10.1. The van der Waals surface area contributed by atoms with Crippen LogP contribution in [0.3, 0.4) is 0 Å². The van der Waals surface area contributed by atoms with E-state index in [4.69, 9.17) is 4.74 Å². The van der Waals surface area contributed by atoms with E-state index in [-0.39, 0.29) is 11.5 Å². The van der Waals surface area contributed by atoms with Gasteiger partial charge in [-0.3, -0.25) is 0 Å². The summed E-state index contributed by atoms with van der Waals surface area (Å²) < 4.78 is 19.9. The molecule has 5 nitrogen and oxygen atoms in total. The summed E-state index contributed by atoms with van der Waals surface area (Å²) in [6, 6.07) is 12.7. The quantitative estimate of drug-likeness (QED) is 0.794.